The van der Waals surface area contributed by atoms with Gasteiger partial charge in [-0.05, 0) is 0 Å². The Morgan fingerprint density at radius 2 is 2.30 bits per heavy atom. The van der Waals surface area contributed by atoms with Gasteiger partial charge in [-0.1, -0.05) is 5.10 Å². The van der Waals surface area contributed by atoms with E-state index in [0.29, 0.717) is 25.6 Å². The fourth-order valence-corrected chi connectivity index (χ4v) is 1.95. The van der Waals surface area contributed by atoms with Gasteiger partial charge in [0.2, 0.25) is 11.8 Å². The molecule has 20 heavy (non-hydrogen) atoms. The summed E-state index contributed by atoms with van der Waals surface area (Å²) in [7, 11) is 0. The summed E-state index contributed by atoms with van der Waals surface area (Å²) in [5.74, 6) is -0.833. The van der Waals surface area contributed by atoms with E-state index in [9.17, 15) is 9.59 Å². The number of carboxylic acids is 1. The summed E-state index contributed by atoms with van der Waals surface area (Å²) in [6, 6.07) is 0.0582. The van der Waals surface area contributed by atoms with Crippen molar-refractivity contribution in [1.29, 1.82) is 0 Å². The van der Waals surface area contributed by atoms with E-state index in [-0.39, 0.29) is 31.0 Å². The first kappa shape index (κ1) is 14.4. The maximum Gasteiger partial charge on any atom is 0.322 e. The predicted molar refractivity (Wildman–Crippen MR) is 66.1 cm³/mol. The van der Waals surface area contributed by atoms with Crippen LogP contribution in [0.15, 0.2) is 4.42 Å². The number of nitrogens with zero attached hydrogens (tertiary/aromatic N) is 3. The molecule has 1 fully saturated rings. The highest BCUT2D eigenvalue weighted by atomic mass is 16.5. The van der Waals surface area contributed by atoms with Gasteiger partial charge >= 0.3 is 12.0 Å². The number of amides is 1. The second-order valence-electron chi connectivity index (χ2n) is 4.50. The van der Waals surface area contributed by atoms with Gasteiger partial charge in [-0.3, -0.25) is 19.8 Å². The van der Waals surface area contributed by atoms with Crippen LogP contribution in [0.2, 0.25) is 0 Å². The Bertz CT molecular complexity index is 489. The van der Waals surface area contributed by atoms with Crippen LogP contribution in [0.4, 0.5) is 6.01 Å². The molecule has 1 aliphatic heterocycles. The van der Waals surface area contributed by atoms with Crippen LogP contribution in [0.5, 0.6) is 0 Å². The van der Waals surface area contributed by atoms with Crippen molar-refractivity contribution in [3.63, 3.8) is 0 Å². The van der Waals surface area contributed by atoms with Gasteiger partial charge in [0.25, 0.3) is 0 Å². The third kappa shape index (κ3) is 4.28. The topological polar surface area (TPSA) is 118 Å². The van der Waals surface area contributed by atoms with Crippen LogP contribution in [0.25, 0.3) is 0 Å². The van der Waals surface area contributed by atoms with E-state index in [1.54, 1.807) is 6.92 Å². The van der Waals surface area contributed by atoms with E-state index in [0.717, 1.165) is 0 Å². The van der Waals surface area contributed by atoms with Gasteiger partial charge in [0.1, 0.15) is 0 Å². The lowest BCUT2D eigenvalue weighted by Crippen LogP contribution is -2.46. The van der Waals surface area contributed by atoms with Crippen molar-refractivity contribution in [3.05, 3.63) is 5.89 Å². The fraction of sp³-hybridized carbons (Fsp3) is 0.636. The third-order valence-corrected chi connectivity index (χ3v) is 2.76. The molecule has 2 rings (SSSR count). The number of aliphatic carboxylic acids is 1. The summed E-state index contributed by atoms with van der Waals surface area (Å²) in [6.07, 6.45) is -0.458. The van der Waals surface area contributed by atoms with Crippen LogP contribution < -0.4 is 5.32 Å². The molecule has 2 N–H and O–H groups in total. The third-order valence-electron chi connectivity index (χ3n) is 2.76. The first-order valence-electron chi connectivity index (χ1n) is 6.18. The Balaban J connectivity index is 1.80. The van der Waals surface area contributed by atoms with Crippen molar-refractivity contribution in [2.45, 2.75) is 19.4 Å². The molecule has 110 valence electrons. The Morgan fingerprint density at radius 1 is 1.50 bits per heavy atom. The van der Waals surface area contributed by atoms with Gasteiger partial charge in [-0.15, -0.1) is 5.10 Å². The minimum Gasteiger partial charge on any atom is -0.481 e. The molecule has 0 saturated carbocycles. The smallest absolute Gasteiger partial charge is 0.322 e. The predicted octanol–water partition coefficient (Wildman–Crippen LogP) is -0.508. The molecule has 0 radical (unpaired) electrons. The number of hydrogen-bond donors (Lipinski definition) is 2. The number of nitrogens with one attached hydrogen (secondary N) is 1. The lowest BCUT2D eigenvalue weighted by molar-refractivity contribution is -0.142. The van der Waals surface area contributed by atoms with Crippen LogP contribution in [0, 0.1) is 6.92 Å². The summed E-state index contributed by atoms with van der Waals surface area (Å²) in [5, 5.41) is 18.5. The van der Waals surface area contributed by atoms with Crippen molar-refractivity contribution in [1.82, 2.24) is 15.1 Å². The molecule has 1 aromatic heterocycles. The molecular weight excluding hydrogens is 268 g/mol. The van der Waals surface area contributed by atoms with Crippen LogP contribution in [0.3, 0.4) is 0 Å². The zero-order valence-electron chi connectivity index (χ0n) is 11.0. The van der Waals surface area contributed by atoms with Crippen molar-refractivity contribution in [2.24, 2.45) is 0 Å². The van der Waals surface area contributed by atoms with E-state index >= 15 is 0 Å². The van der Waals surface area contributed by atoms with Crippen LogP contribution in [-0.4, -0.2) is 64.4 Å². The lowest BCUT2D eigenvalue weighted by Gasteiger charge is -2.31. The molecule has 0 bridgehead atoms. The van der Waals surface area contributed by atoms with E-state index in [2.05, 4.69) is 15.5 Å². The molecule has 1 aliphatic rings. The Kier molecular flexibility index (Phi) is 4.64. The highest BCUT2D eigenvalue weighted by molar-refractivity contribution is 5.90. The summed E-state index contributed by atoms with van der Waals surface area (Å²) in [5.41, 5.74) is 0. The molecule has 1 atom stereocenters. The van der Waals surface area contributed by atoms with E-state index in [4.69, 9.17) is 14.3 Å². The van der Waals surface area contributed by atoms with Gasteiger partial charge in [0, 0.05) is 20.0 Å². The van der Waals surface area contributed by atoms with Crippen molar-refractivity contribution in [2.75, 3.05) is 31.6 Å². The van der Waals surface area contributed by atoms with Crippen LogP contribution in [0.1, 0.15) is 12.3 Å². The number of ether oxygens (including phenoxy) is 1. The van der Waals surface area contributed by atoms with Gasteiger partial charge < -0.3 is 14.3 Å². The molecule has 0 aliphatic carbocycles. The Hall–Kier alpha value is -2.00. The summed E-state index contributed by atoms with van der Waals surface area (Å²) < 4.78 is 10.4. The molecule has 0 aromatic carbocycles. The minimum absolute atomic E-state index is 0.0582. The number of rotatable bonds is 5. The summed E-state index contributed by atoms with van der Waals surface area (Å²) in [6.45, 7) is 3.14. The second-order valence-corrected chi connectivity index (χ2v) is 4.50. The molecule has 9 heteroatoms. The number of anilines is 1. The van der Waals surface area contributed by atoms with E-state index in [1.165, 1.54) is 0 Å². The zero-order valence-corrected chi connectivity index (χ0v) is 11.0. The number of carbonyl (C=O) groups excluding carboxylic acids is 1. The standard InChI is InChI=1S/C11H16N4O5/c1-7-13-14-11(20-7)12-9(16)6-15-2-3-19-8(5-15)4-10(17)18/h8H,2-6H2,1H3,(H,17,18)(H,12,14,16). The highest BCUT2D eigenvalue weighted by Gasteiger charge is 2.24. The lowest BCUT2D eigenvalue weighted by atomic mass is 10.2. The molecule has 1 unspecified atom stereocenters. The fourth-order valence-electron chi connectivity index (χ4n) is 1.95. The van der Waals surface area contributed by atoms with Gasteiger partial charge in [0.05, 0.1) is 25.7 Å². The number of aryl methyl sites for hydroxylation is 1. The maximum absolute atomic E-state index is 11.8. The van der Waals surface area contributed by atoms with Crippen molar-refractivity contribution >= 4 is 17.9 Å². The summed E-state index contributed by atoms with van der Waals surface area (Å²) in [4.78, 5) is 24.2. The minimum atomic E-state index is -0.914. The molecule has 1 amide bonds. The van der Waals surface area contributed by atoms with E-state index in [1.807, 2.05) is 4.90 Å². The molecule has 1 saturated heterocycles. The molecule has 9 nitrogen and oxygen atoms in total. The second kappa shape index (κ2) is 6.44. The SMILES string of the molecule is Cc1nnc(NC(=O)CN2CCOC(CC(=O)O)C2)o1. The van der Waals surface area contributed by atoms with Crippen molar-refractivity contribution < 1.29 is 23.8 Å². The number of carboxylic acid groups (broad SMARTS) is 1. The first-order chi connectivity index (χ1) is 9.52. The normalized spacial score (nSPS) is 19.8. The van der Waals surface area contributed by atoms with Crippen LogP contribution >= 0.6 is 0 Å². The quantitative estimate of drug-likeness (QED) is 0.742. The van der Waals surface area contributed by atoms with Crippen LogP contribution in [-0.2, 0) is 14.3 Å². The average Bonchev–Trinajstić information content (AvgIpc) is 2.74. The average molecular weight is 284 g/mol. The largest absolute Gasteiger partial charge is 0.481 e. The number of carbonyl (C=O) groups is 2. The number of aromatic nitrogens is 2. The van der Waals surface area contributed by atoms with E-state index < -0.39 is 5.97 Å². The molecule has 2 heterocycles. The summed E-state index contributed by atoms with van der Waals surface area (Å²) >= 11 is 0. The van der Waals surface area contributed by atoms with Gasteiger partial charge in [0.15, 0.2) is 0 Å². The van der Waals surface area contributed by atoms with Gasteiger partial charge in [-0.25, -0.2) is 0 Å². The van der Waals surface area contributed by atoms with Gasteiger partial charge in [-0.2, -0.15) is 0 Å². The highest BCUT2D eigenvalue weighted by Crippen LogP contribution is 2.09. The molecule has 1 aromatic rings. The number of morpholine rings is 1. The first-order valence-corrected chi connectivity index (χ1v) is 6.18. The Labute approximate surface area is 114 Å². The molecule has 0 spiro atoms. The monoisotopic (exact) mass is 284 g/mol. The Morgan fingerprint density at radius 3 is 2.95 bits per heavy atom. The number of hydrogen-bond acceptors (Lipinski definition) is 7. The maximum atomic E-state index is 11.8. The molecular formula is C11H16N4O5. The van der Waals surface area contributed by atoms with Crippen molar-refractivity contribution in [3.8, 4) is 0 Å². The zero-order chi connectivity index (χ0) is 14.5.